The highest BCUT2D eigenvalue weighted by molar-refractivity contribution is 5.91. The highest BCUT2D eigenvalue weighted by Gasteiger charge is 2.13. The van der Waals surface area contributed by atoms with Crippen LogP contribution in [0.4, 0.5) is 11.6 Å². The van der Waals surface area contributed by atoms with Gasteiger partial charge in [0.1, 0.15) is 5.75 Å². The number of aliphatic imine (C=N–C) groups is 1. The molecule has 0 fully saturated rings. The molecule has 12 heteroatoms. The lowest BCUT2D eigenvalue weighted by Crippen LogP contribution is -2.24. The van der Waals surface area contributed by atoms with Crippen LogP contribution in [-0.4, -0.2) is 40.2 Å². The van der Waals surface area contributed by atoms with E-state index in [0.717, 1.165) is 11.1 Å². The molecule has 0 saturated carbocycles. The van der Waals surface area contributed by atoms with Gasteiger partial charge in [0, 0.05) is 23.3 Å². The second-order valence-electron chi connectivity index (χ2n) is 7.83. The number of hydrogen-bond acceptors (Lipinski definition) is 8. The number of phenolic OH excluding ortho intramolecular Hbond substituents is 1. The Bertz CT molecular complexity index is 1460. The summed E-state index contributed by atoms with van der Waals surface area (Å²) in [5.74, 6) is 1.27. The number of nitrogens with zero attached hydrogens (tertiary/aromatic N) is 4. The number of non-ortho nitro benzene ring substituents is 1. The number of methoxy groups -OCH3 is 2. The predicted molar refractivity (Wildman–Crippen MR) is 147 cm³/mol. The van der Waals surface area contributed by atoms with Gasteiger partial charge >= 0.3 is 0 Å². The minimum atomic E-state index is -0.461. The monoisotopic (exact) mass is 536 g/mol. The summed E-state index contributed by atoms with van der Waals surface area (Å²) in [4.78, 5) is 24.2. The van der Waals surface area contributed by atoms with E-state index in [-0.39, 0.29) is 42.3 Å². The fourth-order valence-electron chi connectivity index (χ4n) is 3.49. The topological polar surface area (TPSA) is 158 Å². The lowest BCUT2D eigenvalue weighted by molar-refractivity contribution is -0.384. The average Bonchev–Trinajstić information content (AvgIpc) is 2.92. The van der Waals surface area contributed by atoms with E-state index in [1.807, 2.05) is 12.1 Å². The van der Waals surface area contributed by atoms with Crippen LogP contribution in [0.25, 0.3) is 22.5 Å². The van der Waals surface area contributed by atoms with E-state index in [2.05, 4.69) is 20.3 Å². The molecule has 1 heterocycles. The van der Waals surface area contributed by atoms with Gasteiger partial charge in [0.15, 0.2) is 17.5 Å². The minimum absolute atomic E-state index is 0. The van der Waals surface area contributed by atoms with Crippen molar-refractivity contribution in [2.75, 3.05) is 19.5 Å². The van der Waals surface area contributed by atoms with Crippen LogP contribution in [0.3, 0.4) is 0 Å². The summed E-state index contributed by atoms with van der Waals surface area (Å²) < 4.78 is 10.4. The Morgan fingerprint density at radius 3 is 2.37 bits per heavy atom. The maximum absolute atomic E-state index is 11.3. The number of ether oxygens (including phenoxy) is 2. The Morgan fingerprint density at radius 1 is 1.00 bits per heavy atom. The molecule has 0 bridgehead atoms. The third-order valence-electron chi connectivity index (χ3n) is 5.38. The van der Waals surface area contributed by atoms with Crippen LogP contribution < -0.4 is 20.5 Å². The molecule has 3 aromatic carbocycles. The smallest absolute Gasteiger partial charge is 0.270 e. The number of nitrogens with two attached hydrogens (primary N) is 1. The first-order chi connectivity index (χ1) is 17.9. The molecule has 0 unspecified atom stereocenters. The molecular formula is C26H25ClN6O5. The number of aromatic nitrogens is 2. The first-order valence-electron chi connectivity index (χ1n) is 11.1. The van der Waals surface area contributed by atoms with E-state index < -0.39 is 4.92 Å². The van der Waals surface area contributed by atoms with Gasteiger partial charge in [-0.3, -0.25) is 15.4 Å². The molecule has 38 heavy (non-hydrogen) atoms. The van der Waals surface area contributed by atoms with E-state index in [9.17, 15) is 15.2 Å². The van der Waals surface area contributed by atoms with Crippen molar-refractivity contribution in [3.8, 4) is 39.8 Å². The van der Waals surface area contributed by atoms with Crippen molar-refractivity contribution >= 4 is 30.0 Å². The van der Waals surface area contributed by atoms with Gasteiger partial charge in [0.05, 0.1) is 37.1 Å². The zero-order chi connectivity index (χ0) is 26.4. The molecule has 0 atom stereocenters. The SMILES string of the molecule is COc1ccc(-c2cc(-c3cccc([N+](=O)[O-])c3)nc(NC(N)=NCc3ccc(O)c(OC)c3)n2)cc1.Cl. The van der Waals surface area contributed by atoms with Crippen molar-refractivity contribution in [2.45, 2.75) is 6.54 Å². The van der Waals surface area contributed by atoms with Crippen LogP contribution in [0.5, 0.6) is 17.2 Å². The quantitative estimate of drug-likeness (QED) is 0.124. The number of nitro benzene ring substituents is 1. The largest absolute Gasteiger partial charge is 0.504 e. The predicted octanol–water partition coefficient (Wildman–Crippen LogP) is 4.79. The van der Waals surface area contributed by atoms with Crippen molar-refractivity contribution < 1.29 is 19.5 Å². The van der Waals surface area contributed by atoms with Crippen molar-refractivity contribution in [1.29, 1.82) is 0 Å². The first kappa shape index (κ1) is 27.7. The number of hydrogen-bond donors (Lipinski definition) is 3. The van der Waals surface area contributed by atoms with Crippen molar-refractivity contribution in [3.05, 3.63) is 88.5 Å². The number of anilines is 1. The van der Waals surface area contributed by atoms with Gasteiger partial charge in [0.2, 0.25) is 5.95 Å². The maximum Gasteiger partial charge on any atom is 0.270 e. The van der Waals surface area contributed by atoms with Crippen molar-refractivity contribution in [1.82, 2.24) is 9.97 Å². The lowest BCUT2D eigenvalue weighted by atomic mass is 10.1. The summed E-state index contributed by atoms with van der Waals surface area (Å²) in [5, 5.41) is 24.0. The van der Waals surface area contributed by atoms with Crippen LogP contribution in [-0.2, 0) is 6.54 Å². The van der Waals surface area contributed by atoms with Gasteiger partial charge in [-0.1, -0.05) is 18.2 Å². The molecular weight excluding hydrogens is 512 g/mol. The van der Waals surface area contributed by atoms with E-state index in [0.29, 0.717) is 28.5 Å². The summed E-state index contributed by atoms with van der Waals surface area (Å²) in [7, 11) is 3.04. The Morgan fingerprint density at radius 2 is 1.71 bits per heavy atom. The molecule has 196 valence electrons. The maximum atomic E-state index is 11.3. The summed E-state index contributed by atoms with van der Waals surface area (Å²) in [6, 6.07) is 20.1. The van der Waals surface area contributed by atoms with Crippen molar-refractivity contribution in [3.63, 3.8) is 0 Å². The lowest BCUT2D eigenvalue weighted by Gasteiger charge is -2.11. The third kappa shape index (κ3) is 6.65. The zero-order valence-corrected chi connectivity index (χ0v) is 21.3. The normalized spacial score (nSPS) is 10.8. The van der Waals surface area contributed by atoms with Gasteiger partial charge in [0.25, 0.3) is 5.69 Å². The Kier molecular flexibility index (Phi) is 9.01. The van der Waals surface area contributed by atoms with Gasteiger partial charge in [-0.2, -0.15) is 0 Å². The van der Waals surface area contributed by atoms with E-state index in [1.165, 1.54) is 25.3 Å². The van der Waals surface area contributed by atoms with Crippen molar-refractivity contribution in [2.24, 2.45) is 10.7 Å². The van der Waals surface area contributed by atoms with E-state index in [4.69, 9.17) is 15.2 Å². The molecule has 0 spiro atoms. The zero-order valence-electron chi connectivity index (χ0n) is 20.5. The molecule has 0 aliphatic rings. The fourth-order valence-corrected chi connectivity index (χ4v) is 3.49. The van der Waals surface area contributed by atoms with Crippen LogP contribution >= 0.6 is 12.4 Å². The highest BCUT2D eigenvalue weighted by Crippen LogP contribution is 2.29. The van der Waals surface area contributed by atoms with E-state index in [1.54, 1.807) is 49.6 Å². The second kappa shape index (κ2) is 12.4. The Labute approximate surface area is 224 Å². The molecule has 0 aliphatic heterocycles. The van der Waals surface area contributed by atoms with Crippen LogP contribution in [0.1, 0.15) is 5.56 Å². The molecule has 4 N–H and O–H groups in total. The second-order valence-corrected chi connectivity index (χ2v) is 7.83. The number of halogens is 1. The number of rotatable bonds is 8. The van der Waals surface area contributed by atoms with Crippen LogP contribution in [0.2, 0.25) is 0 Å². The van der Waals surface area contributed by atoms with Gasteiger partial charge in [-0.15, -0.1) is 12.4 Å². The Hall–Kier alpha value is -4.90. The summed E-state index contributed by atoms with van der Waals surface area (Å²) in [6.07, 6.45) is 0. The molecule has 0 saturated heterocycles. The number of benzene rings is 3. The van der Waals surface area contributed by atoms with E-state index >= 15 is 0 Å². The minimum Gasteiger partial charge on any atom is -0.504 e. The van der Waals surface area contributed by atoms with Crippen LogP contribution in [0.15, 0.2) is 77.8 Å². The highest BCUT2D eigenvalue weighted by atomic mass is 35.5. The summed E-state index contributed by atoms with van der Waals surface area (Å²) in [5.41, 5.74) is 9.17. The molecule has 0 amide bonds. The average molecular weight is 537 g/mol. The van der Waals surface area contributed by atoms with Crippen LogP contribution in [0, 0.1) is 10.1 Å². The Balaban J connectivity index is 0.00000400. The van der Waals surface area contributed by atoms with Gasteiger partial charge < -0.3 is 20.3 Å². The van der Waals surface area contributed by atoms with Gasteiger partial charge in [-0.05, 0) is 48.0 Å². The molecule has 4 rings (SSSR count). The molecule has 0 aliphatic carbocycles. The third-order valence-corrected chi connectivity index (χ3v) is 5.38. The molecule has 1 aromatic heterocycles. The molecule has 4 aromatic rings. The molecule has 0 radical (unpaired) electrons. The molecule has 11 nitrogen and oxygen atoms in total. The standard InChI is InChI=1S/C26H24N6O5.ClH/c1-36-20-9-7-17(8-10-20)21-14-22(18-4-3-5-19(13-18)32(34)35)30-26(29-21)31-25(27)28-15-16-6-11-23(33)24(12-16)37-2;/h3-14,33H,15H2,1-2H3,(H3,27,28,29,30,31);1H. The number of aromatic hydroxyl groups is 1. The summed E-state index contributed by atoms with van der Waals surface area (Å²) >= 11 is 0. The van der Waals surface area contributed by atoms with Gasteiger partial charge in [-0.25, -0.2) is 15.0 Å². The fraction of sp³-hybridized carbons (Fsp3) is 0.115. The first-order valence-corrected chi connectivity index (χ1v) is 11.1. The number of guanidine groups is 1. The number of nitro groups is 1. The summed E-state index contributed by atoms with van der Waals surface area (Å²) in [6.45, 7) is 0.214. The number of nitrogens with one attached hydrogen (secondary N) is 1. The number of phenols is 1.